The van der Waals surface area contributed by atoms with Crippen LogP contribution in [0.2, 0.25) is 0 Å². The maximum atomic E-state index is 12.8. The zero-order chi connectivity index (χ0) is 19.4. The molecule has 27 heavy (non-hydrogen) atoms. The Balaban J connectivity index is 1.66. The van der Waals surface area contributed by atoms with Crippen LogP contribution in [0.5, 0.6) is 5.75 Å². The van der Waals surface area contributed by atoms with Gasteiger partial charge in [0, 0.05) is 13.0 Å². The van der Waals surface area contributed by atoms with Gasteiger partial charge in [-0.3, -0.25) is 9.59 Å². The quantitative estimate of drug-likeness (QED) is 0.787. The molecule has 2 aromatic rings. The van der Waals surface area contributed by atoms with Crippen LogP contribution >= 0.6 is 0 Å². The minimum absolute atomic E-state index is 0.0374. The van der Waals surface area contributed by atoms with Crippen LogP contribution in [0.3, 0.4) is 0 Å². The van der Waals surface area contributed by atoms with Crippen molar-refractivity contribution in [3.05, 3.63) is 54.1 Å². The topological polar surface area (TPSA) is 102 Å². The summed E-state index contributed by atoms with van der Waals surface area (Å²) in [5.74, 6) is -0.267. The minimum Gasteiger partial charge on any atom is -0.482 e. The van der Waals surface area contributed by atoms with Gasteiger partial charge in [-0.2, -0.15) is 0 Å². The normalized spacial score (nSPS) is 14.5. The number of hydrogen-bond donors (Lipinski definition) is 2. The molecule has 0 fully saturated rings. The van der Waals surface area contributed by atoms with Crippen molar-refractivity contribution in [1.29, 1.82) is 0 Å². The zero-order valence-corrected chi connectivity index (χ0v) is 15.6. The lowest BCUT2D eigenvalue weighted by molar-refractivity contribution is -0.121. The van der Waals surface area contributed by atoms with Crippen LogP contribution in [0.4, 0.5) is 5.69 Å². The highest BCUT2D eigenvalue weighted by molar-refractivity contribution is 7.92. The van der Waals surface area contributed by atoms with Gasteiger partial charge in [-0.15, -0.1) is 0 Å². The van der Waals surface area contributed by atoms with Crippen LogP contribution in [0.1, 0.15) is 18.9 Å². The summed E-state index contributed by atoms with van der Waals surface area (Å²) in [4.78, 5) is 23.6. The van der Waals surface area contributed by atoms with Gasteiger partial charge in [0.05, 0.1) is 15.8 Å². The van der Waals surface area contributed by atoms with Gasteiger partial charge in [-0.25, -0.2) is 8.42 Å². The minimum atomic E-state index is -3.74. The van der Waals surface area contributed by atoms with Gasteiger partial charge in [-0.1, -0.05) is 30.3 Å². The second kappa shape index (κ2) is 7.79. The second-order valence-corrected chi connectivity index (χ2v) is 8.68. The van der Waals surface area contributed by atoms with E-state index in [-0.39, 0.29) is 29.7 Å². The molecule has 2 amide bonds. The zero-order valence-electron chi connectivity index (χ0n) is 14.8. The van der Waals surface area contributed by atoms with Crippen molar-refractivity contribution < 1.29 is 22.7 Å². The molecule has 2 N–H and O–H groups in total. The summed E-state index contributed by atoms with van der Waals surface area (Å²) in [5, 5.41) is 4.40. The number of ether oxygens (including phenoxy) is 1. The van der Waals surface area contributed by atoms with E-state index in [0.29, 0.717) is 18.0 Å². The number of hydrogen-bond acceptors (Lipinski definition) is 5. The fourth-order valence-corrected chi connectivity index (χ4v) is 4.09. The predicted molar refractivity (Wildman–Crippen MR) is 100 cm³/mol. The van der Waals surface area contributed by atoms with Gasteiger partial charge in [-0.05, 0) is 30.7 Å². The van der Waals surface area contributed by atoms with Gasteiger partial charge in [0.25, 0.3) is 5.91 Å². The number of amides is 2. The molecule has 0 saturated heterocycles. The Hall–Kier alpha value is -2.87. The first-order chi connectivity index (χ1) is 12.9. The van der Waals surface area contributed by atoms with E-state index in [9.17, 15) is 18.0 Å². The van der Waals surface area contributed by atoms with Crippen LogP contribution in [0.25, 0.3) is 0 Å². The van der Waals surface area contributed by atoms with Crippen molar-refractivity contribution in [2.75, 3.05) is 11.9 Å². The molecular weight excluding hydrogens is 368 g/mol. The molecule has 0 radical (unpaired) electrons. The van der Waals surface area contributed by atoms with E-state index in [1.807, 2.05) is 30.3 Å². The Morgan fingerprint density at radius 1 is 1.22 bits per heavy atom. The maximum Gasteiger partial charge on any atom is 0.262 e. The van der Waals surface area contributed by atoms with E-state index >= 15 is 0 Å². The number of rotatable bonds is 6. The highest BCUT2D eigenvalue weighted by Gasteiger charge is 2.27. The van der Waals surface area contributed by atoms with Gasteiger partial charge >= 0.3 is 0 Å². The van der Waals surface area contributed by atoms with Crippen LogP contribution in [-0.2, 0) is 26.0 Å². The molecule has 0 unspecified atom stereocenters. The third-order valence-electron chi connectivity index (χ3n) is 4.25. The van der Waals surface area contributed by atoms with E-state index in [2.05, 4.69) is 10.6 Å². The average Bonchev–Trinajstić information content (AvgIpc) is 2.66. The van der Waals surface area contributed by atoms with Crippen molar-refractivity contribution in [3.8, 4) is 5.75 Å². The summed E-state index contributed by atoms with van der Waals surface area (Å²) in [6.45, 7) is 1.73. The second-order valence-electron chi connectivity index (χ2n) is 6.32. The summed E-state index contributed by atoms with van der Waals surface area (Å²) in [6.07, 6.45) is -0.158. The molecule has 0 aromatic heterocycles. The molecule has 1 heterocycles. The largest absolute Gasteiger partial charge is 0.482 e. The molecule has 142 valence electrons. The first-order valence-corrected chi connectivity index (χ1v) is 10.0. The van der Waals surface area contributed by atoms with E-state index in [1.54, 1.807) is 0 Å². The van der Waals surface area contributed by atoms with E-state index in [0.717, 1.165) is 5.56 Å². The molecule has 7 nitrogen and oxygen atoms in total. The Kier molecular flexibility index (Phi) is 5.46. The third-order valence-corrected chi connectivity index (χ3v) is 6.38. The summed E-state index contributed by atoms with van der Waals surface area (Å²) >= 11 is 0. The summed E-state index contributed by atoms with van der Waals surface area (Å²) in [5.41, 5.74) is 1.25. The Morgan fingerprint density at radius 3 is 2.70 bits per heavy atom. The van der Waals surface area contributed by atoms with Crippen LogP contribution in [-0.4, -0.2) is 32.1 Å². The summed E-state index contributed by atoms with van der Waals surface area (Å²) < 4.78 is 30.8. The number of anilines is 1. The molecular formula is C19H20N2O5S. The van der Waals surface area contributed by atoms with Gasteiger partial charge in [0.2, 0.25) is 5.91 Å². The molecule has 0 bridgehead atoms. The lowest BCUT2D eigenvalue weighted by Gasteiger charge is -2.19. The molecule has 1 aliphatic rings. The molecule has 0 aliphatic carbocycles. The first kappa shape index (κ1) is 18.9. The van der Waals surface area contributed by atoms with Crippen LogP contribution < -0.4 is 15.4 Å². The maximum absolute atomic E-state index is 12.8. The van der Waals surface area contributed by atoms with Crippen LogP contribution in [0, 0.1) is 0 Å². The van der Waals surface area contributed by atoms with Gasteiger partial charge in [0.1, 0.15) is 5.75 Å². The fraction of sp³-hybridized carbons (Fsp3) is 0.263. The van der Waals surface area contributed by atoms with Gasteiger partial charge < -0.3 is 15.4 Å². The summed E-state index contributed by atoms with van der Waals surface area (Å²) in [6, 6.07) is 13.7. The SMILES string of the molecule is C[C@H](CC(=O)NCc1ccccc1)S(=O)(=O)c1ccc2c(c1)NC(=O)CO2. The van der Waals surface area contributed by atoms with E-state index in [1.165, 1.54) is 25.1 Å². The Bertz CT molecular complexity index is 957. The molecule has 0 spiro atoms. The summed E-state index contributed by atoms with van der Waals surface area (Å²) in [7, 11) is -3.74. The van der Waals surface area contributed by atoms with E-state index in [4.69, 9.17) is 4.74 Å². The number of carbonyl (C=O) groups is 2. The predicted octanol–water partition coefficient (Wildman–Crippen LogP) is 1.89. The monoisotopic (exact) mass is 388 g/mol. The third kappa shape index (κ3) is 4.46. The molecule has 8 heteroatoms. The lowest BCUT2D eigenvalue weighted by Crippen LogP contribution is -2.30. The van der Waals surface area contributed by atoms with Crippen molar-refractivity contribution in [2.45, 2.75) is 30.0 Å². The fourth-order valence-electron chi connectivity index (χ4n) is 2.71. The number of fused-ring (bicyclic) bond motifs is 1. The van der Waals surface area contributed by atoms with Crippen molar-refractivity contribution in [2.24, 2.45) is 0 Å². The average molecular weight is 388 g/mol. The molecule has 1 atom stereocenters. The van der Waals surface area contributed by atoms with Crippen molar-refractivity contribution in [1.82, 2.24) is 5.32 Å². The number of sulfone groups is 1. The smallest absolute Gasteiger partial charge is 0.262 e. The number of nitrogens with one attached hydrogen (secondary N) is 2. The number of benzene rings is 2. The van der Waals surface area contributed by atoms with Crippen molar-refractivity contribution in [3.63, 3.8) is 0 Å². The van der Waals surface area contributed by atoms with Crippen LogP contribution in [0.15, 0.2) is 53.4 Å². The Morgan fingerprint density at radius 2 is 1.96 bits per heavy atom. The highest BCUT2D eigenvalue weighted by atomic mass is 32.2. The highest BCUT2D eigenvalue weighted by Crippen LogP contribution is 2.31. The lowest BCUT2D eigenvalue weighted by atomic mass is 10.2. The van der Waals surface area contributed by atoms with Crippen molar-refractivity contribution >= 4 is 27.3 Å². The van der Waals surface area contributed by atoms with E-state index < -0.39 is 15.1 Å². The number of carbonyl (C=O) groups excluding carboxylic acids is 2. The molecule has 1 aliphatic heterocycles. The Labute approximate surface area is 157 Å². The standard InChI is InChI=1S/C19H20N2O5S/c1-13(9-18(22)20-11-14-5-3-2-4-6-14)27(24,25)15-7-8-17-16(10-15)21-19(23)12-26-17/h2-8,10,13H,9,11-12H2,1H3,(H,20,22)(H,21,23)/t13-/m1/s1. The molecule has 3 rings (SSSR count). The first-order valence-electron chi connectivity index (χ1n) is 8.47. The molecule has 0 saturated carbocycles. The van der Waals surface area contributed by atoms with Gasteiger partial charge in [0.15, 0.2) is 16.4 Å². The molecule has 2 aromatic carbocycles.